The van der Waals surface area contributed by atoms with Crippen molar-refractivity contribution in [3.05, 3.63) is 70.3 Å². The molecule has 0 aliphatic carbocycles. The Morgan fingerprint density at radius 3 is 2.59 bits per heavy atom. The molecule has 2 aliphatic heterocycles. The van der Waals surface area contributed by atoms with Gasteiger partial charge in [0.1, 0.15) is 0 Å². The molecule has 5 nitrogen and oxygen atoms in total. The molecule has 1 aromatic carbocycles. The first-order valence-electron chi connectivity index (χ1n) is 9.81. The molecule has 138 valence electrons. The van der Waals surface area contributed by atoms with Crippen LogP contribution >= 0.6 is 0 Å². The molecule has 0 N–H and O–H groups in total. The van der Waals surface area contributed by atoms with Crippen molar-refractivity contribution in [2.75, 3.05) is 31.1 Å². The van der Waals surface area contributed by atoms with Gasteiger partial charge in [-0.05, 0) is 36.1 Å². The Morgan fingerprint density at radius 1 is 0.963 bits per heavy atom. The number of hydrogen-bond donors (Lipinski definition) is 0. The maximum absolute atomic E-state index is 12.7. The fourth-order valence-electron chi connectivity index (χ4n) is 4.53. The van der Waals surface area contributed by atoms with E-state index in [0.29, 0.717) is 0 Å². The molecule has 3 aromatic rings. The number of anilines is 1. The molecule has 2 aliphatic rings. The summed E-state index contributed by atoms with van der Waals surface area (Å²) < 4.78 is 1.97. The highest BCUT2D eigenvalue weighted by atomic mass is 16.1. The molecule has 5 rings (SSSR count). The Labute approximate surface area is 158 Å². The summed E-state index contributed by atoms with van der Waals surface area (Å²) in [6.07, 6.45) is 5.84. The highest BCUT2D eigenvalue weighted by Gasteiger charge is 2.20. The lowest BCUT2D eigenvalue weighted by Gasteiger charge is -2.36. The van der Waals surface area contributed by atoms with Gasteiger partial charge in [0.15, 0.2) is 0 Å². The van der Waals surface area contributed by atoms with Gasteiger partial charge in [0.05, 0.1) is 5.52 Å². The number of rotatable bonds is 3. The number of piperazine rings is 1. The van der Waals surface area contributed by atoms with Crippen LogP contribution in [0.5, 0.6) is 0 Å². The average Bonchev–Trinajstić information content (AvgIpc) is 2.73. The fourth-order valence-corrected chi connectivity index (χ4v) is 4.53. The zero-order valence-electron chi connectivity index (χ0n) is 15.5. The van der Waals surface area contributed by atoms with Crippen molar-refractivity contribution in [2.24, 2.45) is 0 Å². The van der Waals surface area contributed by atoms with Crippen LogP contribution in [0.4, 0.5) is 5.69 Å². The van der Waals surface area contributed by atoms with Gasteiger partial charge in [-0.15, -0.1) is 0 Å². The Bertz CT molecular complexity index is 1020. The molecule has 0 saturated carbocycles. The van der Waals surface area contributed by atoms with Crippen molar-refractivity contribution >= 4 is 16.6 Å². The molecule has 0 atom stereocenters. The second-order valence-electron chi connectivity index (χ2n) is 7.54. The van der Waals surface area contributed by atoms with Crippen LogP contribution in [0.3, 0.4) is 0 Å². The molecule has 0 radical (unpaired) electrons. The lowest BCUT2D eigenvalue weighted by Crippen LogP contribution is -2.46. The van der Waals surface area contributed by atoms with Crippen LogP contribution in [0, 0.1) is 0 Å². The number of pyridine rings is 2. The minimum Gasteiger partial charge on any atom is -0.369 e. The predicted octanol–water partition coefficient (Wildman–Crippen LogP) is 2.66. The Balaban J connectivity index is 1.39. The molecule has 27 heavy (non-hydrogen) atoms. The first-order valence-corrected chi connectivity index (χ1v) is 9.81. The number of aromatic nitrogens is 2. The highest BCUT2D eigenvalue weighted by Crippen LogP contribution is 2.27. The van der Waals surface area contributed by atoms with Crippen LogP contribution in [0.25, 0.3) is 10.9 Å². The quantitative estimate of drug-likeness (QED) is 0.720. The molecule has 1 fully saturated rings. The smallest absolute Gasteiger partial charge is 0.251 e. The third-order valence-electron chi connectivity index (χ3n) is 5.92. The van der Waals surface area contributed by atoms with Crippen LogP contribution in [0.2, 0.25) is 0 Å². The monoisotopic (exact) mass is 360 g/mol. The standard InChI is InChI=1S/C22H24N4O/c27-21-15-18(20-5-1-3-17-4-2-10-26(21)22(17)20)16-24-11-13-25(14-12-24)19-6-8-23-9-7-19/h1,3,5-9,15H,2,4,10-14,16H2. The summed E-state index contributed by atoms with van der Waals surface area (Å²) in [4.78, 5) is 21.7. The highest BCUT2D eigenvalue weighted by molar-refractivity contribution is 5.86. The van der Waals surface area contributed by atoms with Gasteiger partial charge in [0.2, 0.25) is 0 Å². The minimum atomic E-state index is 0.153. The zero-order chi connectivity index (χ0) is 18.2. The molecular formula is C22H24N4O. The lowest BCUT2D eigenvalue weighted by molar-refractivity contribution is 0.250. The van der Waals surface area contributed by atoms with Gasteiger partial charge in [0.25, 0.3) is 5.56 Å². The molecule has 0 spiro atoms. The van der Waals surface area contributed by atoms with E-state index in [1.807, 2.05) is 23.0 Å². The summed E-state index contributed by atoms with van der Waals surface area (Å²) in [5.74, 6) is 0. The molecule has 2 aromatic heterocycles. The minimum absolute atomic E-state index is 0.153. The van der Waals surface area contributed by atoms with Gasteiger partial charge in [-0.25, -0.2) is 0 Å². The summed E-state index contributed by atoms with van der Waals surface area (Å²) in [5, 5.41) is 1.25. The number of aryl methyl sites for hydroxylation is 2. The number of para-hydroxylation sites is 1. The first-order chi connectivity index (χ1) is 13.3. The lowest BCUT2D eigenvalue weighted by atomic mass is 9.98. The summed E-state index contributed by atoms with van der Waals surface area (Å²) in [7, 11) is 0. The molecule has 1 saturated heterocycles. The van der Waals surface area contributed by atoms with Crippen molar-refractivity contribution in [2.45, 2.75) is 25.9 Å². The van der Waals surface area contributed by atoms with Crippen LogP contribution in [0.15, 0.2) is 53.6 Å². The van der Waals surface area contributed by atoms with E-state index < -0.39 is 0 Å². The van der Waals surface area contributed by atoms with E-state index in [1.54, 1.807) is 0 Å². The van der Waals surface area contributed by atoms with E-state index in [9.17, 15) is 4.79 Å². The average molecular weight is 360 g/mol. The van der Waals surface area contributed by atoms with Gasteiger partial charge in [-0.3, -0.25) is 14.7 Å². The topological polar surface area (TPSA) is 41.4 Å². The van der Waals surface area contributed by atoms with E-state index >= 15 is 0 Å². The summed E-state index contributed by atoms with van der Waals surface area (Å²) in [6, 6.07) is 12.5. The van der Waals surface area contributed by atoms with Crippen molar-refractivity contribution in [1.82, 2.24) is 14.5 Å². The van der Waals surface area contributed by atoms with Crippen molar-refractivity contribution in [1.29, 1.82) is 0 Å². The van der Waals surface area contributed by atoms with Crippen LogP contribution in [-0.4, -0.2) is 40.6 Å². The van der Waals surface area contributed by atoms with Gasteiger partial charge >= 0.3 is 0 Å². The second-order valence-corrected chi connectivity index (χ2v) is 7.54. The summed E-state index contributed by atoms with van der Waals surface area (Å²) in [5.41, 5.74) is 5.05. The third-order valence-corrected chi connectivity index (χ3v) is 5.92. The maximum Gasteiger partial charge on any atom is 0.251 e. The largest absolute Gasteiger partial charge is 0.369 e. The van der Waals surface area contributed by atoms with E-state index in [1.165, 1.54) is 27.7 Å². The van der Waals surface area contributed by atoms with Crippen molar-refractivity contribution in [3.8, 4) is 0 Å². The second kappa shape index (κ2) is 6.82. The maximum atomic E-state index is 12.7. The van der Waals surface area contributed by atoms with Gasteiger partial charge in [-0.1, -0.05) is 18.2 Å². The summed E-state index contributed by atoms with van der Waals surface area (Å²) >= 11 is 0. The first kappa shape index (κ1) is 16.5. The number of nitrogens with zero attached hydrogens (tertiary/aromatic N) is 4. The number of benzene rings is 1. The molecule has 0 bridgehead atoms. The Kier molecular flexibility index (Phi) is 4.17. The van der Waals surface area contributed by atoms with Gasteiger partial charge in [-0.2, -0.15) is 0 Å². The normalized spacial score (nSPS) is 17.4. The molecule has 0 unspecified atom stereocenters. The van der Waals surface area contributed by atoms with Crippen molar-refractivity contribution in [3.63, 3.8) is 0 Å². The van der Waals surface area contributed by atoms with Crippen LogP contribution < -0.4 is 10.5 Å². The molecule has 4 heterocycles. The Hall–Kier alpha value is -2.66. The van der Waals surface area contributed by atoms with Gasteiger partial charge in [0, 0.05) is 68.8 Å². The fraction of sp³-hybridized carbons (Fsp3) is 0.364. The van der Waals surface area contributed by atoms with Crippen LogP contribution in [0.1, 0.15) is 17.5 Å². The molecule has 5 heteroatoms. The number of hydrogen-bond acceptors (Lipinski definition) is 4. The summed E-state index contributed by atoms with van der Waals surface area (Å²) in [6.45, 7) is 5.71. The Morgan fingerprint density at radius 2 is 1.78 bits per heavy atom. The SMILES string of the molecule is O=c1cc(CN2CCN(c3ccncc3)CC2)c2cccc3c2n1CCC3. The predicted molar refractivity (Wildman–Crippen MR) is 108 cm³/mol. The molecule has 0 amide bonds. The zero-order valence-corrected chi connectivity index (χ0v) is 15.5. The van der Waals surface area contributed by atoms with E-state index in [-0.39, 0.29) is 5.56 Å². The van der Waals surface area contributed by atoms with Crippen LogP contribution in [-0.2, 0) is 19.5 Å². The van der Waals surface area contributed by atoms with Gasteiger partial charge < -0.3 is 9.47 Å². The van der Waals surface area contributed by atoms with Crippen molar-refractivity contribution < 1.29 is 0 Å². The van der Waals surface area contributed by atoms with E-state index in [0.717, 1.165) is 52.1 Å². The van der Waals surface area contributed by atoms with E-state index in [2.05, 4.69) is 45.1 Å². The third kappa shape index (κ3) is 3.02. The molecular weight excluding hydrogens is 336 g/mol. The van der Waals surface area contributed by atoms with E-state index in [4.69, 9.17) is 0 Å².